The SMILES string of the molecule is CCCOCCP(C)(C)=O. The van der Waals surface area contributed by atoms with Crippen LogP contribution in [0.2, 0.25) is 0 Å². The third-order valence-corrected chi connectivity index (χ3v) is 2.38. The fourth-order valence-corrected chi connectivity index (χ4v) is 1.10. The van der Waals surface area contributed by atoms with Crippen molar-refractivity contribution in [3.05, 3.63) is 0 Å². The largest absolute Gasteiger partial charge is 0.381 e. The summed E-state index contributed by atoms with van der Waals surface area (Å²) in [4.78, 5) is 0. The van der Waals surface area contributed by atoms with Crippen LogP contribution in [-0.2, 0) is 9.30 Å². The number of hydrogen-bond donors (Lipinski definition) is 0. The summed E-state index contributed by atoms with van der Waals surface area (Å²) in [7, 11) is -1.83. The summed E-state index contributed by atoms with van der Waals surface area (Å²) in [5.74, 6) is 0. The maximum Gasteiger partial charge on any atom is 0.0841 e. The summed E-state index contributed by atoms with van der Waals surface area (Å²) in [5, 5.41) is 0. The van der Waals surface area contributed by atoms with Gasteiger partial charge in [0.2, 0.25) is 0 Å². The zero-order chi connectivity index (χ0) is 8.04. The van der Waals surface area contributed by atoms with Gasteiger partial charge in [0.1, 0.15) is 0 Å². The van der Waals surface area contributed by atoms with Crippen LogP contribution in [0.1, 0.15) is 13.3 Å². The van der Waals surface area contributed by atoms with Crippen molar-refractivity contribution >= 4 is 7.14 Å². The van der Waals surface area contributed by atoms with Gasteiger partial charge in [0.05, 0.1) is 13.7 Å². The quantitative estimate of drug-likeness (QED) is 0.459. The van der Waals surface area contributed by atoms with Crippen molar-refractivity contribution in [3.63, 3.8) is 0 Å². The molecule has 0 radical (unpaired) electrons. The molecule has 10 heavy (non-hydrogen) atoms. The minimum atomic E-state index is -1.83. The second-order valence-corrected chi connectivity index (χ2v) is 6.50. The molecule has 0 unspecified atom stereocenters. The van der Waals surface area contributed by atoms with Crippen LogP contribution in [0, 0.1) is 0 Å². The summed E-state index contributed by atoms with van der Waals surface area (Å²) >= 11 is 0. The molecule has 0 amide bonds. The molecule has 0 spiro atoms. The Bertz CT molecular complexity index is 117. The highest BCUT2D eigenvalue weighted by Gasteiger charge is 2.04. The molecule has 0 atom stereocenters. The second kappa shape index (κ2) is 4.92. The first-order valence-electron chi connectivity index (χ1n) is 3.68. The van der Waals surface area contributed by atoms with Crippen LogP contribution >= 0.6 is 7.14 Å². The second-order valence-electron chi connectivity index (χ2n) is 2.91. The lowest BCUT2D eigenvalue weighted by Crippen LogP contribution is -2.00. The van der Waals surface area contributed by atoms with Crippen molar-refractivity contribution in [3.8, 4) is 0 Å². The van der Waals surface area contributed by atoms with Crippen molar-refractivity contribution in [2.24, 2.45) is 0 Å². The molecule has 0 aromatic carbocycles. The maximum absolute atomic E-state index is 11.1. The Labute approximate surface area is 63.3 Å². The van der Waals surface area contributed by atoms with Crippen molar-refractivity contribution in [1.29, 1.82) is 0 Å². The molecular formula is C7H17O2P. The van der Waals surface area contributed by atoms with E-state index in [1.165, 1.54) is 0 Å². The van der Waals surface area contributed by atoms with Crippen LogP contribution in [-0.4, -0.2) is 32.7 Å². The Morgan fingerprint density at radius 3 is 2.30 bits per heavy atom. The van der Waals surface area contributed by atoms with Gasteiger partial charge in [-0.1, -0.05) is 6.92 Å². The van der Waals surface area contributed by atoms with Gasteiger partial charge in [-0.3, -0.25) is 0 Å². The van der Waals surface area contributed by atoms with Crippen molar-refractivity contribution in [2.75, 3.05) is 32.7 Å². The highest BCUT2D eigenvalue weighted by atomic mass is 31.2. The molecule has 0 bridgehead atoms. The first kappa shape index (κ1) is 10.2. The van der Waals surface area contributed by atoms with Gasteiger partial charge >= 0.3 is 0 Å². The van der Waals surface area contributed by atoms with Crippen LogP contribution in [0.4, 0.5) is 0 Å². The number of hydrogen-bond acceptors (Lipinski definition) is 2. The molecule has 0 aliphatic heterocycles. The highest BCUT2D eigenvalue weighted by Crippen LogP contribution is 2.34. The van der Waals surface area contributed by atoms with Gasteiger partial charge in [-0.2, -0.15) is 0 Å². The fraction of sp³-hybridized carbons (Fsp3) is 1.00. The summed E-state index contributed by atoms with van der Waals surface area (Å²) in [6, 6.07) is 0. The predicted molar refractivity (Wildman–Crippen MR) is 45.4 cm³/mol. The Hall–Kier alpha value is 0.190. The van der Waals surface area contributed by atoms with Crippen LogP contribution in [0.25, 0.3) is 0 Å². The average molecular weight is 164 g/mol. The van der Waals surface area contributed by atoms with E-state index in [1.807, 2.05) is 0 Å². The predicted octanol–water partition coefficient (Wildman–Crippen LogP) is 2.04. The normalized spacial score (nSPS) is 11.9. The fourth-order valence-electron chi connectivity index (χ4n) is 0.531. The van der Waals surface area contributed by atoms with E-state index >= 15 is 0 Å². The summed E-state index contributed by atoms with van der Waals surface area (Å²) in [6.45, 7) is 7.10. The number of ether oxygens (including phenoxy) is 1. The molecule has 0 fully saturated rings. The molecule has 0 aliphatic carbocycles. The zero-order valence-electron chi connectivity index (χ0n) is 7.09. The molecule has 0 aromatic rings. The van der Waals surface area contributed by atoms with Gasteiger partial charge in [0, 0.05) is 12.8 Å². The Morgan fingerprint density at radius 2 is 1.90 bits per heavy atom. The zero-order valence-corrected chi connectivity index (χ0v) is 7.99. The molecule has 2 nitrogen and oxygen atoms in total. The third kappa shape index (κ3) is 8.19. The average Bonchev–Trinajstić information content (AvgIpc) is 1.78. The van der Waals surface area contributed by atoms with Gasteiger partial charge in [-0.05, 0) is 19.8 Å². The number of rotatable bonds is 5. The Morgan fingerprint density at radius 1 is 1.30 bits per heavy atom. The monoisotopic (exact) mass is 164 g/mol. The Balaban J connectivity index is 3.13. The van der Waals surface area contributed by atoms with Crippen molar-refractivity contribution in [1.82, 2.24) is 0 Å². The first-order valence-corrected chi connectivity index (χ1v) is 6.46. The van der Waals surface area contributed by atoms with E-state index in [-0.39, 0.29) is 0 Å². The molecule has 3 heteroatoms. The van der Waals surface area contributed by atoms with Crippen LogP contribution in [0.5, 0.6) is 0 Å². The molecule has 0 heterocycles. The van der Waals surface area contributed by atoms with E-state index < -0.39 is 7.14 Å². The van der Waals surface area contributed by atoms with E-state index in [0.29, 0.717) is 12.8 Å². The lowest BCUT2D eigenvalue weighted by Gasteiger charge is -2.05. The lowest BCUT2D eigenvalue weighted by atomic mass is 10.5. The summed E-state index contributed by atoms with van der Waals surface area (Å²) in [6.07, 6.45) is 1.75. The lowest BCUT2D eigenvalue weighted by molar-refractivity contribution is 0.149. The summed E-state index contributed by atoms with van der Waals surface area (Å²) in [5.41, 5.74) is 0. The Kier molecular flexibility index (Phi) is 5.02. The molecule has 62 valence electrons. The third-order valence-electron chi connectivity index (χ3n) is 1.12. The van der Waals surface area contributed by atoms with Crippen LogP contribution in [0.3, 0.4) is 0 Å². The minimum Gasteiger partial charge on any atom is -0.381 e. The summed E-state index contributed by atoms with van der Waals surface area (Å²) < 4.78 is 16.3. The topological polar surface area (TPSA) is 26.3 Å². The maximum atomic E-state index is 11.1. The van der Waals surface area contributed by atoms with Crippen LogP contribution < -0.4 is 0 Å². The molecule has 0 N–H and O–H groups in total. The van der Waals surface area contributed by atoms with E-state index in [0.717, 1.165) is 13.0 Å². The molecule has 0 aliphatic rings. The highest BCUT2D eigenvalue weighted by molar-refractivity contribution is 7.62. The van der Waals surface area contributed by atoms with Gasteiger partial charge in [0.15, 0.2) is 0 Å². The standard InChI is InChI=1S/C7H17O2P/c1-4-5-9-6-7-10(2,3)8/h4-7H2,1-3H3. The van der Waals surface area contributed by atoms with Gasteiger partial charge in [-0.15, -0.1) is 0 Å². The molecule has 0 saturated carbocycles. The van der Waals surface area contributed by atoms with Crippen molar-refractivity contribution < 1.29 is 9.30 Å². The molecular weight excluding hydrogens is 147 g/mol. The van der Waals surface area contributed by atoms with E-state index in [9.17, 15) is 4.57 Å². The van der Waals surface area contributed by atoms with Gasteiger partial charge in [0.25, 0.3) is 0 Å². The van der Waals surface area contributed by atoms with E-state index in [4.69, 9.17) is 4.74 Å². The molecule has 0 aromatic heterocycles. The van der Waals surface area contributed by atoms with Gasteiger partial charge in [-0.25, -0.2) is 0 Å². The van der Waals surface area contributed by atoms with Gasteiger partial charge < -0.3 is 9.30 Å². The van der Waals surface area contributed by atoms with Crippen LogP contribution in [0.15, 0.2) is 0 Å². The van der Waals surface area contributed by atoms with E-state index in [1.54, 1.807) is 13.3 Å². The first-order chi connectivity index (χ1) is 4.56. The van der Waals surface area contributed by atoms with Crippen molar-refractivity contribution in [2.45, 2.75) is 13.3 Å². The minimum absolute atomic E-state index is 0.651. The van der Waals surface area contributed by atoms with E-state index in [2.05, 4.69) is 6.92 Å². The molecule has 0 rings (SSSR count). The smallest absolute Gasteiger partial charge is 0.0841 e. The molecule has 0 saturated heterocycles.